The van der Waals surface area contributed by atoms with Crippen LogP contribution in [0.1, 0.15) is 25.0 Å². The van der Waals surface area contributed by atoms with Gasteiger partial charge in [0.1, 0.15) is 0 Å². The summed E-state index contributed by atoms with van der Waals surface area (Å²) in [7, 11) is 0. The molecule has 16 heavy (non-hydrogen) atoms. The van der Waals surface area contributed by atoms with E-state index in [1.54, 1.807) is 0 Å². The Morgan fingerprint density at radius 1 is 1.38 bits per heavy atom. The van der Waals surface area contributed by atoms with Gasteiger partial charge in [0.15, 0.2) is 0 Å². The van der Waals surface area contributed by atoms with Crippen LogP contribution in [0.2, 0.25) is 0 Å². The maximum atomic E-state index is 10.8. The van der Waals surface area contributed by atoms with Crippen LogP contribution in [0.25, 0.3) is 0 Å². The van der Waals surface area contributed by atoms with E-state index < -0.39 is 12.1 Å². The van der Waals surface area contributed by atoms with Crippen molar-refractivity contribution in [3.05, 3.63) is 35.9 Å². The molecule has 0 fully saturated rings. The van der Waals surface area contributed by atoms with Crippen molar-refractivity contribution in [2.75, 3.05) is 6.61 Å². The van der Waals surface area contributed by atoms with Gasteiger partial charge in [-0.05, 0) is 12.0 Å². The smallest absolute Gasteiger partial charge is 0.217 e. The molecule has 2 atom stereocenters. The fourth-order valence-corrected chi connectivity index (χ4v) is 1.55. The summed E-state index contributed by atoms with van der Waals surface area (Å²) in [6.07, 6.45) is -0.370. The van der Waals surface area contributed by atoms with Gasteiger partial charge in [-0.2, -0.15) is 0 Å². The minimum absolute atomic E-state index is 0.177. The number of hydrogen-bond acceptors (Lipinski definition) is 3. The number of carbonyl (C=O) groups excluding carboxylic acids is 1. The van der Waals surface area contributed by atoms with Crippen LogP contribution >= 0.6 is 0 Å². The van der Waals surface area contributed by atoms with E-state index in [-0.39, 0.29) is 12.5 Å². The Kier molecular flexibility index (Phi) is 4.95. The van der Waals surface area contributed by atoms with Crippen LogP contribution in [0.5, 0.6) is 0 Å². The van der Waals surface area contributed by atoms with Gasteiger partial charge in [0, 0.05) is 6.92 Å². The van der Waals surface area contributed by atoms with E-state index >= 15 is 0 Å². The molecule has 0 spiro atoms. The highest BCUT2D eigenvalue weighted by molar-refractivity contribution is 5.73. The van der Waals surface area contributed by atoms with Crippen LogP contribution in [0.15, 0.2) is 30.3 Å². The van der Waals surface area contributed by atoms with E-state index in [1.807, 2.05) is 30.3 Å². The fraction of sp³-hybridized carbons (Fsp3) is 0.417. The predicted molar refractivity (Wildman–Crippen MR) is 60.7 cm³/mol. The second kappa shape index (κ2) is 6.25. The maximum Gasteiger partial charge on any atom is 0.217 e. The molecule has 2 unspecified atom stereocenters. The summed E-state index contributed by atoms with van der Waals surface area (Å²) >= 11 is 0. The molecular weight excluding hydrogens is 206 g/mol. The summed E-state index contributed by atoms with van der Waals surface area (Å²) in [6, 6.07) is 8.76. The predicted octanol–water partition coefficient (Wildman–Crippen LogP) is 0.607. The number of nitrogens with one attached hydrogen (secondary N) is 1. The summed E-state index contributed by atoms with van der Waals surface area (Å²) < 4.78 is 0. The highest BCUT2D eigenvalue weighted by Crippen LogP contribution is 2.17. The quantitative estimate of drug-likeness (QED) is 0.685. The minimum Gasteiger partial charge on any atom is -0.394 e. The molecule has 0 radical (unpaired) electrons. The zero-order valence-electron chi connectivity index (χ0n) is 9.26. The molecule has 0 saturated carbocycles. The molecule has 1 amide bonds. The van der Waals surface area contributed by atoms with Crippen LogP contribution in [-0.4, -0.2) is 28.8 Å². The molecule has 1 aromatic carbocycles. The second-order valence-corrected chi connectivity index (χ2v) is 3.74. The molecule has 1 rings (SSSR count). The van der Waals surface area contributed by atoms with Crippen molar-refractivity contribution in [2.45, 2.75) is 25.5 Å². The number of amides is 1. The van der Waals surface area contributed by atoms with Crippen molar-refractivity contribution in [3.8, 4) is 0 Å². The monoisotopic (exact) mass is 223 g/mol. The molecule has 3 N–H and O–H groups in total. The lowest BCUT2D eigenvalue weighted by Gasteiger charge is -2.19. The van der Waals surface area contributed by atoms with E-state index in [0.29, 0.717) is 6.42 Å². The number of hydrogen-bond donors (Lipinski definition) is 3. The van der Waals surface area contributed by atoms with E-state index in [2.05, 4.69) is 5.32 Å². The van der Waals surface area contributed by atoms with Gasteiger partial charge in [-0.25, -0.2) is 0 Å². The van der Waals surface area contributed by atoms with Crippen LogP contribution in [0.3, 0.4) is 0 Å². The van der Waals surface area contributed by atoms with Crippen LogP contribution in [0, 0.1) is 0 Å². The highest BCUT2D eigenvalue weighted by atomic mass is 16.3. The van der Waals surface area contributed by atoms with Gasteiger partial charge < -0.3 is 15.5 Å². The van der Waals surface area contributed by atoms with E-state index in [9.17, 15) is 9.90 Å². The van der Waals surface area contributed by atoms with Gasteiger partial charge in [-0.15, -0.1) is 0 Å². The minimum atomic E-state index is -0.676. The first kappa shape index (κ1) is 12.7. The largest absolute Gasteiger partial charge is 0.394 e. The number of aliphatic hydroxyl groups excluding tert-OH is 2. The Morgan fingerprint density at radius 3 is 2.50 bits per heavy atom. The highest BCUT2D eigenvalue weighted by Gasteiger charge is 2.15. The first-order valence-electron chi connectivity index (χ1n) is 5.24. The number of rotatable bonds is 5. The number of aliphatic hydroxyl groups is 2. The van der Waals surface area contributed by atoms with E-state index in [1.165, 1.54) is 6.92 Å². The number of benzene rings is 1. The molecule has 0 saturated heterocycles. The molecule has 1 aromatic rings. The topological polar surface area (TPSA) is 69.6 Å². The summed E-state index contributed by atoms with van der Waals surface area (Å²) in [5.41, 5.74) is 0.784. The van der Waals surface area contributed by atoms with Crippen molar-refractivity contribution in [2.24, 2.45) is 0 Å². The molecule has 0 aliphatic heterocycles. The van der Waals surface area contributed by atoms with Gasteiger partial charge in [0.25, 0.3) is 0 Å². The van der Waals surface area contributed by atoms with Gasteiger partial charge >= 0.3 is 0 Å². The summed E-state index contributed by atoms with van der Waals surface area (Å²) in [4.78, 5) is 10.8. The molecule has 0 aromatic heterocycles. The van der Waals surface area contributed by atoms with Gasteiger partial charge in [0.05, 0.1) is 18.8 Å². The van der Waals surface area contributed by atoms with Gasteiger partial charge in [-0.3, -0.25) is 4.79 Å². The summed E-state index contributed by atoms with van der Waals surface area (Å²) in [5, 5.41) is 21.5. The molecule has 0 heterocycles. The standard InChI is InChI=1S/C12H17NO3/c1-9(15)13-11(8-14)7-12(16)10-5-3-2-4-6-10/h2-6,11-12,14,16H,7-8H2,1H3,(H,13,15). The molecule has 0 aliphatic rings. The second-order valence-electron chi connectivity index (χ2n) is 3.74. The molecular formula is C12H17NO3. The first-order chi connectivity index (χ1) is 7.63. The number of carbonyl (C=O) groups is 1. The molecule has 4 heteroatoms. The summed E-state index contributed by atoms with van der Waals surface area (Å²) in [5.74, 6) is -0.209. The molecule has 4 nitrogen and oxygen atoms in total. The molecule has 0 aliphatic carbocycles. The van der Waals surface area contributed by atoms with E-state index in [0.717, 1.165) is 5.56 Å². The summed E-state index contributed by atoms with van der Waals surface area (Å²) in [6.45, 7) is 1.21. The van der Waals surface area contributed by atoms with Crippen molar-refractivity contribution in [1.82, 2.24) is 5.32 Å². The Bertz CT molecular complexity index is 326. The zero-order valence-corrected chi connectivity index (χ0v) is 9.26. The average molecular weight is 223 g/mol. The van der Waals surface area contributed by atoms with Crippen molar-refractivity contribution in [3.63, 3.8) is 0 Å². The Morgan fingerprint density at radius 2 is 2.00 bits per heavy atom. The van der Waals surface area contributed by atoms with Crippen LogP contribution < -0.4 is 5.32 Å². The lowest BCUT2D eigenvalue weighted by atomic mass is 10.0. The van der Waals surface area contributed by atoms with Crippen molar-refractivity contribution < 1.29 is 15.0 Å². The molecule has 88 valence electrons. The first-order valence-corrected chi connectivity index (χ1v) is 5.24. The third kappa shape index (κ3) is 4.00. The average Bonchev–Trinajstić information content (AvgIpc) is 2.28. The maximum absolute atomic E-state index is 10.8. The zero-order chi connectivity index (χ0) is 12.0. The van der Waals surface area contributed by atoms with E-state index in [4.69, 9.17) is 5.11 Å². The SMILES string of the molecule is CC(=O)NC(CO)CC(O)c1ccccc1. The Balaban J connectivity index is 2.55. The normalized spacial score (nSPS) is 14.2. The third-order valence-corrected chi connectivity index (χ3v) is 2.32. The van der Waals surface area contributed by atoms with Gasteiger partial charge in [-0.1, -0.05) is 30.3 Å². The Hall–Kier alpha value is -1.39. The molecule has 0 bridgehead atoms. The third-order valence-electron chi connectivity index (χ3n) is 2.32. The lowest BCUT2D eigenvalue weighted by molar-refractivity contribution is -0.120. The van der Waals surface area contributed by atoms with Crippen molar-refractivity contribution in [1.29, 1.82) is 0 Å². The fourth-order valence-electron chi connectivity index (χ4n) is 1.55. The van der Waals surface area contributed by atoms with Crippen LogP contribution in [-0.2, 0) is 4.79 Å². The lowest BCUT2D eigenvalue weighted by Crippen LogP contribution is -2.37. The Labute approximate surface area is 94.9 Å². The van der Waals surface area contributed by atoms with Gasteiger partial charge in [0.2, 0.25) is 5.91 Å². The van der Waals surface area contributed by atoms with Crippen molar-refractivity contribution >= 4 is 5.91 Å². The van der Waals surface area contributed by atoms with Crippen LogP contribution in [0.4, 0.5) is 0 Å².